The summed E-state index contributed by atoms with van der Waals surface area (Å²) in [5, 5.41) is 24.5. The van der Waals surface area contributed by atoms with Crippen LogP contribution in [0.3, 0.4) is 0 Å². The van der Waals surface area contributed by atoms with E-state index < -0.39 is 36.1 Å². The Bertz CT molecular complexity index is 1270. The number of alkyl carbamates (subject to hydrolysis) is 1. The smallest absolute Gasteiger partial charge is 0.407 e. The predicted molar refractivity (Wildman–Crippen MR) is 151 cm³/mol. The summed E-state index contributed by atoms with van der Waals surface area (Å²) in [4.78, 5) is 43.4. The monoisotopic (exact) mass is 562 g/mol. The normalized spacial score (nSPS) is 17.5. The molecule has 3 amide bonds. The summed E-state index contributed by atoms with van der Waals surface area (Å²) < 4.78 is 10.6. The molecular formula is C30H34N4O7. The SMILES string of the molecule is COC(=O)N[C@H](C(=O)Nc1ncccc1CC[C@@H]1CN(C(=O)O)[C@H](CO)CO1)C(c1ccccc1)c1ccccc1. The number of nitrogens with one attached hydrogen (secondary N) is 2. The molecule has 3 atom stereocenters. The number of hydrogen-bond acceptors (Lipinski definition) is 7. The summed E-state index contributed by atoms with van der Waals surface area (Å²) in [7, 11) is 1.24. The number of aryl methyl sites for hydroxylation is 1. The van der Waals surface area contributed by atoms with Crippen LogP contribution in [0.25, 0.3) is 0 Å². The number of ether oxygens (including phenoxy) is 2. The molecule has 41 heavy (non-hydrogen) atoms. The highest BCUT2D eigenvalue weighted by Gasteiger charge is 2.34. The molecule has 0 bridgehead atoms. The zero-order valence-electron chi connectivity index (χ0n) is 22.7. The van der Waals surface area contributed by atoms with Crippen molar-refractivity contribution in [3.8, 4) is 0 Å². The highest BCUT2D eigenvalue weighted by atomic mass is 16.5. The summed E-state index contributed by atoms with van der Waals surface area (Å²) in [6.07, 6.45) is 0.234. The average Bonchev–Trinajstić information content (AvgIpc) is 3.01. The summed E-state index contributed by atoms with van der Waals surface area (Å²) in [5.74, 6) is -0.682. The maximum absolute atomic E-state index is 13.9. The average molecular weight is 563 g/mol. The van der Waals surface area contributed by atoms with E-state index in [1.165, 1.54) is 12.0 Å². The van der Waals surface area contributed by atoms with E-state index >= 15 is 0 Å². The van der Waals surface area contributed by atoms with Gasteiger partial charge in [-0.15, -0.1) is 0 Å². The molecule has 0 aliphatic carbocycles. The van der Waals surface area contributed by atoms with E-state index in [9.17, 15) is 24.6 Å². The minimum Gasteiger partial charge on any atom is -0.465 e. The number of methoxy groups -OCH3 is 1. The number of anilines is 1. The van der Waals surface area contributed by atoms with Crippen molar-refractivity contribution in [1.29, 1.82) is 0 Å². The molecule has 4 rings (SSSR count). The molecule has 2 heterocycles. The molecule has 11 nitrogen and oxygen atoms in total. The molecule has 216 valence electrons. The van der Waals surface area contributed by atoms with Crippen LogP contribution in [-0.4, -0.2) is 83.2 Å². The molecule has 1 aliphatic rings. The van der Waals surface area contributed by atoms with Gasteiger partial charge in [0.1, 0.15) is 11.9 Å². The van der Waals surface area contributed by atoms with E-state index in [1.54, 1.807) is 12.3 Å². The Labute approximate surface area is 238 Å². The van der Waals surface area contributed by atoms with Crippen molar-refractivity contribution >= 4 is 23.9 Å². The van der Waals surface area contributed by atoms with Crippen molar-refractivity contribution in [1.82, 2.24) is 15.2 Å². The number of rotatable bonds is 10. The van der Waals surface area contributed by atoms with Gasteiger partial charge in [0.05, 0.1) is 39.0 Å². The first-order valence-corrected chi connectivity index (χ1v) is 13.3. The Hall–Kier alpha value is -4.48. The fourth-order valence-electron chi connectivity index (χ4n) is 4.97. The van der Waals surface area contributed by atoms with Crippen molar-refractivity contribution < 1.29 is 34.1 Å². The molecule has 1 aliphatic heterocycles. The summed E-state index contributed by atoms with van der Waals surface area (Å²) in [6, 6.07) is 20.8. The minimum absolute atomic E-state index is 0.103. The van der Waals surface area contributed by atoms with Crippen LogP contribution in [0.2, 0.25) is 0 Å². The van der Waals surface area contributed by atoms with Gasteiger partial charge in [0.25, 0.3) is 0 Å². The lowest BCUT2D eigenvalue weighted by Gasteiger charge is -2.37. The van der Waals surface area contributed by atoms with Crippen molar-refractivity contribution in [2.24, 2.45) is 0 Å². The van der Waals surface area contributed by atoms with E-state index in [2.05, 4.69) is 15.6 Å². The Balaban J connectivity index is 1.55. The molecule has 0 saturated carbocycles. The van der Waals surface area contributed by atoms with Gasteiger partial charge < -0.3 is 30.3 Å². The van der Waals surface area contributed by atoms with Gasteiger partial charge in [0.15, 0.2) is 0 Å². The number of amides is 3. The maximum Gasteiger partial charge on any atom is 0.407 e. The van der Waals surface area contributed by atoms with Gasteiger partial charge in [-0.25, -0.2) is 14.6 Å². The van der Waals surface area contributed by atoms with E-state index in [-0.39, 0.29) is 25.9 Å². The number of aliphatic hydroxyl groups is 1. The van der Waals surface area contributed by atoms with Crippen LogP contribution >= 0.6 is 0 Å². The van der Waals surface area contributed by atoms with Gasteiger partial charge in [-0.3, -0.25) is 9.69 Å². The summed E-state index contributed by atoms with van der Waals surface area (Å²) in [5.41, 5.74) is 2.38. The van der Waals surface area contributed by atoms with Gasteiger partial charge >= 0.3 is 12.2 Å². The van der Waals surface area contributed by atoms with Gasteiger partial charge in [-0.2, -0.15) is 0 Å². The molecule has 3 aromatic rings. The van der Waals surface area contributed by atoms with Crippen molar-refractivity contribution in [3.63, 3.8) is 0 Å². The minimum atomic E-state index is -1.11. The number of carbonyl (C=O) groups is 3. The molecule has 1 saturated heterocycles. The number of aliphatic hydroxyl groups excluding tert-OH is 1. The van der Waals surface area contributed by atoms with Crippen LogP contribution in [0.15, 0.2) is 79.0 Å². The number of aromatic nitrogens is 1. The van der Waals surface area contributed by atoms with Crippen LogP contribution in [0, 0.1) is 0 Å². The highest BCUT2D eigenvalue weighted by molar-refractivity contribution is 5.97. The number of morpholine rings is 1. The molecule has 2 aromatic carbocycles. The molecule has 4 N–H and O–H groups in total. The van der Waals surface area contributed by atoms with Crippen LogP contribution < -0.4 is 10.6 Å². The van der Waals surface area contributed by atoms with E-state index in [0.717, 1.165) is 16.7 Å². The van der Waals surface area contributed by atoms with Crippen molar-refractivity contribution in [2.75, 3.05) is 32.2 Å². The third-order valence-electron chi connectivity index (χ3n) is 7.08. The van der Waals surface area contributed by atoms with E-state index in [4.69, 9.17) is 9.47 Å². The maximum atomic E-state index is 13.9. The Morgan fingerprint density at radius 1 is 1.05 bits per heavy atom. The topological polar surface area (TPSA) is 150 Å². The first-order chi connectivity index (χ1) is 19.9. The summed E-state index contributed by atoms with van der Waals surface area (Å²) in [6.45, 7) is -0.0830. The third kappa shape index (κ3) is 7.59. The van der Waals surface area contributed by atoms with Crippen LogP contribution in [0.4, 0.5) is 15.4 Å². The second-order valence-corrected chi connectivity index (χ2v) is 9.68. The molecule has 0 radical (unpaired) electrons. The molecule has 1 fully saturated rings. The largest absolute Gasteiger partial charge is 0.465 e. The lowest BCUT2D eigenvalue weighted by Crippen LogP contribution is -2.53. The Morgan fingerprint density at radius 2 is 1.71 bits per heavy atom. The fraction of sp³-hybridized carbons (Fsp3) is 0.333. The second-order valence-electron chi connectivity index (χ2n) is 9.68. The summed E-state index contributed by atoms with van der Waals surface area (Å²) >= 11 is 0. The van der Waals surface area contributed by atoms with Gasteiger partial charge in [0.2, 0.25) is 5.91 Å². The van der Waals surface area contributed by atoms with Crippen molar-refractivity contribution in [3.05, 3.63) is 95.7 Å². The van der Waals surface area contributed by atoms with Crippen LogP contribution in [0.5, 0.6) is 0 Å². The standard InChI is InChI=1S/C30H34N4O7/c1-40-29(37)32-26(25(20-9-4-2-5-10-20)21-11-6-3-7-12-21)28(36)33-27-22(13-8-16-31-27)14-15-24-17-34(30(38)39)23(18-35)19-41-24/h2-13,16,23-26,35H,14-15,17-19H2,1H3,(H,32,37)(H,38,39)(H,31,33,36)/t23-,24-,26+/m1/s1. The second kappa shape index (κ2) is 14.2. The number of benzene rings is 2. The number of hydrogen-bond donors (Lipinski definition) is 4. The van der Waals surface area contributed by atoms with Gasteiger partial charge in [-0.05, 0) is 35.6 Å². The molecular weight excluding hydrogens is 528 g/mol. The third-order valence-corrected chi connectivity index (χ3v) is 7.08. The van der Waals surface area contributed by atoms with Gasteiger partial charge in [-0.1, -0.05) is 66.7 Å². The first kappa shape index (κ1) is 29.5. The van der Waals surface area contributed by atoms with Crippen LogP contribution in [0.1, 0.15) is 29.0 Å². The molecule has 0 spiro atoms. The van der Waals surface area contributed by atoms with Crippen molar-refractivity contribution in [2.45, 2.75) is 36.9 Å². The first-order valence-electron chi connectivity index (χ1n) is 13.3. The zero-order valence-corrected chi connectivity index (χ0v) is 22.7. The molecule has 1 aromatic heterocycles. The van der Waals surface area contributed by atoms with E-state index in [0.29, 0.717) is 18.7 Å². The highest BCUT2D eigenvalue weighted by Crippen LogP contribution is 2.29. The fourth-order valence-corrected chi connectivity index (χ4v) is 4.97. The lowest BCUT2D eigenvalue weighted by atomic mass is 9.84. The predicted octanol–water partition coefficient (Wildman–Crippen LogP) is 3.25. The lowest BCUT2D eigenvalue weighted by molar-refractivity contribution is -0.118. The number of pyridine rings is 1. The number of carboxylic acid groups (broad SMARTS) is 1. The Kier molecular flexibility index (Phi) is 10.2. The molecule has 11 heteroatoms. The Morgan fingerprint density at radius 3 is 2.29 bits per heavy atom. The van der Waals surface area contributed by atoms with Crippen LogP contribution in [-0.2, 0) is 20.7 Å². The number of nitrogens with zero attached hydrogens (tertiary/aromatic N) is 2. The van der Waals surface area contributed by atoms with Gasteiger partial charge in [0, 0.05) is 12.1 Å². The zero-order chi connectivity index (χ0) is 29.2. The number of carbonyl (C=O) groups excluding carboxylic acids is 2. The molecule has 0 unspecified atom stereocenters. The van der Waals surface area contributed by atoms with E-state index in [1.807, 2.05) is 66.7 Å². The quantitative estimate of drug-likeness (QED) is 0.294.